The fraction of sp³-hybridized carbons (Fsp3) is 0.478. The van der Waals surface area contributed by atoms with Crippen LogP contribution in [0, 0.1) is 11.7 Å². The minimum Gasteiger partial charge on any atom is -0.390 e. The molecule has 1 fully saturated rings. The Labute approximate surface area is 210 Å². The predicted octanol–water partition coefficient (Wildman–Crippen LogP) is 2.66. The Kier molecular flexibility index (Phi) is 8.39. The van der Waals surface area contributed by atoms with E-state index in [4.69, 9.17) is 17.3 Å². The second kappa shape index (κ2) is 11.3. The minimum absolute atomic E-state index is 0.0365. The molecule has 4 rings (SSSR count). The van der Waals surface area contributed by atoms with Crippen molar-refractivity contribution in [2.75, 3.05) is 31.9 Å². The van der Waals surface area contributed by atoms with E-state index in [1.807, 2.05) is 4.57 Å². The largest absolute Gasteiger partial charge is 0.390 e. The van der Waals surface area contributed by atoms with Crippen LogP contribution in [0.25, 0.3) is 11.0 Å². The molecule has 34 heavy (non-hydrogen) atoms. The Hall–Kier alpha value is -1.82. The third-order valence-corrected chi connectivity index (χ3v) is 7.14. The van der Waals surface area contributed by atoms with Crippen LogP contribution in [0.1, 0.15) is 24.4 Å². The molecular weight excluding hydrogens is 527 g/mol. The van der Waals surface area contributed by atoms with Gasteiger partial charge in [-0.25, -0.2) is 9.37 Å². The van der Waals surface area contributed by atoms with Gasteiger partial charge in [0.15, 0.2) is 0 Å². The number of rotatable bonds is 10. The van der Waals surface area contributed by atoms with Crippen molar-refractivity contribution >= 4 is 44.4 Å². The second-order valence-corrected chi connectivity index (χ2v) is 9.88. The van der Waals surface area contributed by atoms with Gasteiger partial charge in [-0.2, -0.15) is 4.98 Å². The molecule has 1 saturated carbocycles. The van der Waals surface area contributed by atoms with Crippen LogP contribution in [0.3, 0.4) is 0 Å². The number of aliphatic hydroxyl groups excluding tert-OH is 2. The van der Waals surface area contributed by atoms with Crippen molar-refractivity contribution in [2.45, 2.75) is 37.5 Å². The monoisotopic (exact) mass is 554 g/mol. The summed E-state index contributed by atoms with van der Waals surface area (Å²) < 4.78 is 15.5. The topological polar surface area (TPSA) is 121 Å². The van der Waals surface area contributed by atoms with E-state index in [0.717, 1.165) is 38.0 Å². The van der Waals surface area contributed by atoms with Crippen LogP contribution in [0.15, 0.2) is 34.9 Å². The van der Waals surface area contributed by atoms with Gasteiger partial charge in [0.05, 0.1) is 17.5 Å². The molecule has 3 aromatic rings. The van der Waals surface area contributed by atoms with E-state index in [1.54, 1.807) is 18.3 Å². The first-order valence-corrected chi connectivity index (χ1v) is 12.5. The summed E-state index contributed by atoms with van der Waals surface area (Å²) in [5.41, 5.74) is 7.63. The molecule has 8 nitrogen and oxygen atoms in total. The first-order valence-electron chi connectivity index (χ1n) is 11.4. The van der Waals surface area contributed by atoms with Crippen molar-refractivity contribution < 1.29 is 14.6 Å². The van der Waals surface area contributed by atoms with Crippen molar-refractivity contribution in [3.63, 3.8) is 0 Å². The standard InChI is InChI=1S/C23H29BrClFN6O2/c24-16-12-32(22-18(16)21(27)30-23(25)31-22)17-10-14(19(33)20(17)34)11-29-8-1-7-28-9-6-13-2-4-15(26)5-3-13/h2-5,12,14,17,19-20,28-29,33-34H,1,6-11H2,(H2,27,30,31)/t14?,17-,19-,20+/m1/s1. The van der Waals surface area contributed by atoms with Crippen LogP contribution >= 0.6 is 27.5 Å². The lowest BCUT2D eigenvalue weighted by molar-refractivity contribution is 0.00693. The molecule has 2 aromatic heterocycles. The predicted molar refractivity (Wildman–Crippen MR) is 134 cm³/mol. The first-order chi connectivity index (χ1) is 16.3. The van der Waals surface area contributed by atoms with Gasteiger partial charge in [-0.1, -0.05) is 12.1 Å². The van der Waals surface area contributed by atoms with Crippen LogP contribution < -0.4 is 16.4 Å². The molecule has 1 aliphatic rings. The van der Waals surface area contributed by atoms with Gasteiger partial charge >= 0.3 is 0 Å². The molecule has 11 heteroatoms. The number of nitrogens with two attached hydrogens (primary N) is 1. The zero-order valence-electron chi connectivity index (χ0n) is 18.6. The van der Waals surface area contributed by atoms with Gasteiger partial charge in [-0.3, -0.25) is 0 Å². The number of nitrogens with zero attached hydrogens (tertiary/aromatic N) is 3. The molecule has 184 valence electrons. The molecule has 0 spiro atoms. The average molecular weight is 556 g/mol. The number of hydrogen-bond acceptors (Lipinski definition) is 7. The maximum Gasteiger partial charge on any atom is 0.226 e. The molecule has 0 aliphatic heterocycles. The molecule has 2 heterocycles. The van der Waals surface area contributed by atoms with E-state index < -0.39 is 12.2 Å². The minimum atomic E-state index is -0.933. The van der Waals surface area contributed by atoms with Crippen molar-refractivity contribution in [3.8, 4) is 0 Å². The summed E-state index contributed by atoms with van der Waals surface area (Å²) in [5.74, 6) is -0.0536. The van der Waals surface area contributed by atoms with Crippen LogP contribution in [-0.4, -0.2) is 63.1 Å². The number of benzene rings is 1. The molecule has 4 atom stereocenters. The zero-order valence-corrected chi connectivity index (χ0v) is 20.9. The van der Waals surface area contributed by atoms with Crippen molar-refractivity contribution in [2.24, 2.45) is 5.92 Å². The molecule has 0 radical (unpaired) electrons. The lowest BCUT2D eigenvalue weighted by atomic mass is 10.1. The fourth-order valence-corrected chi connectivity index (χ4v) is 5.34. The van der Waals surface area contributed by atoms with Gasteiger partial charge < -0.3 is 31.1 Å². The Balaban J connectivity index is 1.23. The smallest absolute Gasteiger partial charge is 0.226 e. The first kappa shape index (κ1) is 25.3. The third kappa shape index (κ3) is 5.69. The molecule has 0 saturated heterocycles. The number of hydrogen-bond donors (Lipinski definition) is 5. The number of aromatic nitrogens is 3. The third-order valence-electron chi connectivity index (χ3n) is 6.37. The van der Waals surface area contributed by atoms with E-state index in [9.17, 15) is 14.6 Å². The van der Waals surface area contributed by atoms with Crippen LogP contribution in [0.4, 0.5) is 10.2 Å². The average Bonchev–Trinajstić information content (AvgIpc) is 3.27. The highest BCUT2D eigenvalue weighted by Crippen LogP contribution is 2.40. The highest BCUT2D eigenvalue weighted by atomic mass is 79.9. The van der Waals surface area contributed by atoms with Crippen LogP contribution in [0.5, 0.6) is 0 Å². The summed E-state index contributed by atoms with van der Waals surface area (Å²) in [6, 6.07) is 6.22. The van der Waals surface area contributed by atoms with Crippen molar-refractivity contribution in [1.82, 2.24) is 25.2 Å². The summed E-state index contributed by atoms with van der Waals surface area (Å²) in [5, 5.41) is 28.8. The van der Waals surface area contributed by atoms with E-state index in [2.05, 4.69) is 36.5 Å². The van der Waals surface area contributed by atoms with Gasteiger partial charge in [-0.15, -0.1) is 0 Å². The summed E-state index contributed by atoms with van der Waals surface area (Å²) >= 11 is 9.48. The van der Waals surface area contributed by atoms with Crippen LogP contribution in [0.2, 0.25) is 5.28 Å². The Morgan fingerprint density at radius 3 is 2.62 bits per heavy atom. The lowest BCUT2D eigenvalue weighted by Gasteiger charge is -2.19. The van der Waals surface area contributed by atoms with Gasteiger partial charge in [0, 0.05) is 23.1 Å². The molecule has 1 aromatic carbocycles. The highest BCUT2D eigenvalue weighted by Gasteiger charge is 2.42. The summed E-state index contributed by atoms with van der Waals surface area (Å²) in [4.78, 5) is 8.29. The molecule has 0 amide bonds. The van der Waals surface area contributed by atoms with E-state index in [1.165, 1.54) is 12.1 Å². The van der Waals surface area contributed by atoms with Crippen molar-refractivity contribution in [3.05, 3.63) is 51.6 Å². The van der Waals surface area contributed by atoms with E-state index in [0.29, 0.717) is 28.5 Å². The number of nitrogen functional groups attached to an aromatic ring is 1. The summed E-state index contributed by atoms with van der Waals surface area (Å²) in [6.45, 7) is 3.09. The number of nitrogens with one attached hydrogen (secondary N) is 2. The maximum atomic E-state index is 12.9. The van der Waals surface area contributed by atoms with Gasteiger partial charge in [-0.05, 0) is 84.1 Å². The van der Waals surface area contributed by atoms with Crippen molar-refractivity contribution in [1.29, 1.82) is 0 Å². The van der Waals surface area contributed by atoms with E-state index >= 15 is 0 Å². The van der Waals surface area contributed by atoms with Crippen LogP contribution in [-0.2, 0) is 6.42 Å². The summed E-state index contributed by atoms with van der Waals surface area (Å²) in [7, 11) is 0. The number of anilines is 1. The quantitative estimate of drug-likeness (QED) is 0.193. The molecule has 1 unspecified atom stereocenters. The fourth-order valence-electron chi connectivity index (χ4n) is 4.57. The molecule has 6 N–H and O–H groups in total. The Morgan fingerprint density at radius 2 is 1.85 bits per heavy atom. The summed E-state index contributed by atoms with van der Waals surface area (Å²) in [6.07, 6.45) is 2.40. The highest BCUT2D eigenvalue weighted by molar-refractivity contribution is 9.10. The normalized spacial score (nSPS) is 22.6. The molecule has 0 bridgehead atoms. The second-order valence-electron chi connectivity index (χ2n) is 8.69. The van der Waals surface area contributed by atoms with E-state index in [-0.39, 0.29) is 28.9 Å². The Morgan fingerprint density at radius 1 is 1.12 bits per heavy atom. The van der Waals surface area contributed by atoms with Gasteiger partial charge in [0.2, 0.25) is 5.28 Å². The molecule has 1 aliphatic carbocycles. The number of aliphatic hydroxyl groups is 2. The Bertz CT molecular complexity index is 1120. The zero-order chi connectivity index (χ0) is 24.2. The maximum absolute atomic E-state index is 12.9. The molecular formula is C23H29BrClFN6O2. The lowest BCUT2D eigenvalue weighted by Crippen LogP contribution is -2.34. The van der Waals surface area contributed by atoms with Gasteiger partial charge in [0.1, 0.15) is 23.4 Å². The SMILES string of the molecule is Nc1nc(Cl)nc2c1c(Br)cn2[C@@H]1CC(CNCCCNCCc2ccc(F)cc2)[C@@H](O)[C@H]1O. The number of fused-ring (bicyclic) bond motifs is 1. The number of halogens is 3. The van der Waals surface area contributed by atoms with Gasteiger partial charge in [0.25, 0.3) is 0 Å².